The second-order valence-electron chi connectivity index (χ2n) is 7.52. The molecule has 0 aromatic carbocycles. The summed E-state index contributed by atoms with van der Waals surface area (Å²) in [5.74, 6) is -0.0828. The molecule has 2 atom stereocenters. The summed E-state index contributed by atoms with van der Waals surface area (Å²) >= 11 is 0. The van der Waals surface area contributed by atoms with Gasteiger partial charge in [0.1, 0.15) is 12.2 Å². The van der Waals surface area contributed by atoms with Crippen LogP contribution in [0.2, 0.25) is 0 Å². The number of hydrogen-bond acceptors (Lipinski definition) is 5. The molecule has 8 heteroatoms. The Labute approximate surface area is 152 Å². The number of ether oxygens (including phenoxy) is 1. The molecule has 4 rings (SSSR count). The third kappa shape index (κ3) is 3.35. The van der Waals surface area contributed by atoms with Crippen molar-refractivity contribution < 1.29 is 17.9 Å². The van der Waals surface area contributed by atoms with Gasteiger partial charge in [-0.05, 0) is 44.4 Å². The van der Waals surface area contributed by atoms with Crippen LogP contribution in [0, 0.1) is 0 Å². The molecule has 2 aromatic heterocycles. The standard InChI is InChI=1S/C18H23N3O4S/c1-18(6-9-26(23,24)12-18)20-16(22)11-21-14(15-5-3-8-25-15)10-13-4-2-7-19-17(13)21/h2,4,7,10,15H,3,5-6,8-9,11-12H2,1H3,(H,20,22)/t15-,18?/m0/s1. The maximum absolute atomic E-state index is 12.7. The summed E-state index contributed by atoms with van der Waals surface area (Å²) in [7, 11) is -3.07. The highest BCUT2D eigenvalue weighted by Gasteiger charge is 2.39. The highest BCUT2D eigenvalue weighted by molar-refractivity contribution is 7.91. The molecular weight excluding hydrogens is 354 g/mol. The number of carbonyl (C=O) groups excluding carboxylic acids is 1. The summed E-state index contributed by atoms with van der Waals surface area (Å²) in [6.45, 7) is 2.62. The van der Waals surface area contributed by atoms with Crippen LogP contribution < -0.4 is 5.32 Å². The van der Waals surface area contributed by atoms with Crippen LogP contribution in [0.3, 0.4) is 0 Å². The lowest BCUT2D eigenvalue weighted by Gasteiger charge is -2.24. The Kier molecular flexibility index (Phi) is 4.27. The minimum absolute atomic E-state index is 0.00495. The summed E-state index contributed by atoms with van der Waals surface area (Å²) in [6.07, 6.45) is 4.06. The van der Waals surface area contributed by atoms with Crippen molar-refractivity contribution in [3.8, 4) is 0 Å². The van der Waals surface area contributed by atoms with Gasteiger partial charge in [0.2, 0.25) is 5.91 Å². The minimum Gasteiger partial charge on any atom is -0.372 e. The fraction of sp³-hybridized carbons (Fsp3) is 0.556. The molecular formula is C18H23N3O4S. The number of nitrogens with one attached hydrogen (secondary N) is 1. The second kappa shape index (κ2) is 6.35. The molecule has 4 heterocycles. The Hall–Kier alpha value is -1.93. The third-order valence-corrected chi connectivity index (χ3v) is 7.10. The van der Waals surface area contributed by atoms with Gasteiger partial charge >= 0.3 is 0 Å². The average molecular weight is 377 g/mol. The average Bonchev–Trinajstić information content (AvgIpc) is 3.26. The zero-order valence-electron chi connectivity index (χ0n) is 14.8. The van der Waals surface area contributed by atoms with Crippen molar-refractivity contribution in [3.63, 3.8) is 0 Å². The molecule has 2 aliphatic rings. The number of rotatable bonds is 4. The van der Waals surface area contributed by atoms with Gasteiger partial charge in [-0.3, -0.25) is 4.79 Å². The van der Waals surface area contributed by atoms with E-state index in [0.717, 1.165) is 36.2 Å². The van der Waals surface area contributed by atoms with Gasteiger partial charge in [0.15, 0.2) is 9.84 Å². The normalized spacial score (nSPS) is 27.8. The smallest absolute Gasteiger partial charge is 0.240 e. The Morgan fingerprint density at radius 2 is 2.35 bits per heavy atom. The lowest BCUT2D eigenvalue weighted by atomic mass is 10.0. The molecule has 0 aliphatic carbocycles. The van der Waals surface area contributed by atoms with Gasteiger partial charge < -0.3 is 14.6 Å². The zero-order chi connectivity index (χ0) is 18.4. The van der Waals surface area contributed by atoms with E-state index in [2.05, 4.69) is 10.3 Å². The van der Waals surface area contributed by atoms with Crippen molar-refractivity contribution >= 4 is 26.8 Å². The molecule has 2 fully saturated rings. The van der Waals surface area contributed by atoms with Crippen LogP contribution in [0.4, 0.5) is 0 Å². The van der Waals surface area contributed by atoms with Crippen LogP contribution in [-0.2, 0) is 25.9 Å². The van der Waals surface area contributed by atoms with E-state index in [1.165, 1.54) is 0 Å². The van der Waals surface area contributed by atoms with Gasteiger partial charge in [0.25, 0.3) is 0 Å². The topological polar surface area (TPSA) is 90.3 Å². The molecule has 1 amide bonds. The Morgan fingerprint density at radius 3 is 3.04 bits per heavy atom. The summed E-state index contributed by atoms with van der Waals surface area (Å²) in [6, 6.07) is 5.88. The van der Waals surface area contributed by atoms with E-state index in [1.807, 2.05) is 22.8 Å². The maximum Gasteiger partial charge on any atom is 0.240 e. The van der Waals surface area contributed by atoms with E-state index >= 15 is 0 Å². The number of aromatic nitrogens is 2. The first-order chi connectivity index (χ1) is 12.4. The summed E-state index contributed by atoms with van der Waals surface area (Å²) in [5.41, 5.74) is 1.00. The summed E-state index contributed by atoms with van der Waals surface area (Å²) < 4.78 is 31.2. The van der Waals surface area contributed by atoms with Crippen LogP contribution in [-0.4, -0.2) is 47.5 Å². The van der Waals surface area contributed by atoms with Crippen molar-refractivity contribution in [1.29, 1.82) is 0 Å². The van der Waals surface area contributed by atoms with Crippen LogP contribution in [0.5, 0.6) is 0 Å². The Balaban J connectivity index is 1.60. The molecule has 140 valence electrons. The van der Waals surface area contributed by atoms with E-state index in [1.54, 1.807) is 13.1 Å². The number of hydrogen-bond donors (Lipinski definition) is 1. The lowest BCUT2D eigenvalue weighted by molar-refractivity contribution is -0.123. The predicted octanol–water partition coefficient (Wildman–Crippen LogP) is 1.58. The number of fused-ring (bicyclic) bond motifs is 1. The molecule has 7 nitrogen and oxygen atoms in total. The van der Waals surface area contributed by atoms with E-state index < -0.39 is 15.4 Å². The highest BCUT2D eigenvalue weighted by Crippen LogP contribution is 2.32. The van der Waals surface area contributed by atoms with Gasteiger partial charge in [-0.25, -0.2) is 13.4 Å². The van der Waals surface area contributed by atoms with Gasteiger partial charge in [-0.15, -0.1) is 0 Å². The Bertz CT molecular complexity index is 946. The van der Waals surface area contributed by atoms with E-state index in [9.17, 15) is 13.2 Å². The van der Waals surface area contributed by atoms with E-state index in [-0.39, 0.29) is 30.1 Å². The van der Waals surface area contributed by atoms with Gasteiger partial charge in [-0.2, -0.15) is 0 Å². The van der Waals surface area contributed by atoms with Crippen LogP contribution in [0.1, 0.15) is 38.0 Å². The number of sulfone groups is 1. The molecule has 0 spiro atoms. The number of nitrogens with zero attached hydrogens (tertiary/aromatic N) is 2. The quantitative estimate of drug-likeness (QED) is 0.874. The second-order valence-corrected chi connectivity index (χ2v) is 9.71. The molecule has 26 heavy (non-hydrogen) atoms. The zero-order valence-corrected chi connectivity index (χ0v) is 15.6. The molecule has 1 N–H and O–H groups in total. The van der Waals surface area contributed by atoms with Crippen molar-refractivity contribution in [2.75, 3.05) is 18.1 Å². The Morgan fingerprint density at radius 1 is 1.50 bits per heavy atom. The first-order valence-electron chi connectivity index (χ1n) is 8.92. The fourth-order valence-corrected chi connectivity index (χ4v) is 6.07. The van der Waals surface area contributed by atoms with Crippen LogP contribution in [0.25, 0.3) is 11.0 Å². The van der Waals surface area contributed by atoms with Gasteiger partial charge in [0, 0.05) is 23.9 Å². The summed E-state index contributed by atoms with van der Waals surface area (Å²) in [4.78, 5) is 17.1. The molecule has 2 saturated heterocycles. The van der Waals surface area contributed by atoms with Crippen molar-refractivity contribution in [3.05, 3.63) is 30.1 Å². The predicted molar refractivity (Wildman–Crippen MR) is 97.5 cm³/mol. The van der Waals surface area contributed by atoms with E-state index in [0.29, 0.717) is 6.42 Å². The molecule has 0 bridgehead atoms. The first kappa shape index (κ1) is 17.5. The van der Waals surface area contributed by atoms with Crippen molar-refractivity contribution in [1.82, 2.24) is 14.9 Å². The fourth-order valence-electron chi connectivity index (χ4n) is 3.98. The van der Waals surface area contributed by atoms with Gasteiger partial charge in [-0.1, -0.05) is 0 Å². The number of amides is 1. The van der Waals surface area contributed by atoms with E-state index in [4.69, 9.17) is 4.74 Å². The van der Waals surface area contributed by atoms with Crippen molar-refractivity contribution in [2.24, 2.45) is 0 Å². The number of carbonyl (C=O) groups is 1. The summed E-state index contributed by atoms with van der Waals surface area (Å²) in [5, 5.41) is 3.90. The minimum atomic E-state index is -3.07. The monoisotopic (exact) mass is 377 g/mol. The number of pyridine rings is 1. The third-order valence-electron chi connectivity index (χ3n) is 5.19. The SMILES string of the molecule is CC1(NC(=O)Cn2c([C@@H]3CCCO3)cc3cccnc32)CCS(=O)(=O)C1. The lowest BCUT2D eigenvalue weighted by Crippen LogP contribution is -2.48. The molecule has 0 saturated carbocycles. The molecule has 0 radical (unpaired) electrons. The molecule has 2 aliphatic heterocycles. The van der Waals surface area contributed by atoms with Crippen molar-refractivity contribution in [2.45, 2.75) is 44.4 Å². The largest absolute Gasteiger partial charge is 0.372 e. The maximum atomic E-state index is 12.7. The highest BCUT2D eigenvalue weighted by atomic mass is 32.2. The molecule has 2 aromatic rings. The van der Waals surface area contributed by atoms with Gasteiger partial charge in [0.05, 0.1) is 23.1 Å². The molecule has 1 unspecified atom stereocenters. The first-order valence-corrected chi connectivity index (χ1v) is 10.7. The van der Waals surface area contributed by atoms with Crippen LogP contribution in [0.15, 0.2) is 24.4 Å². The van der Waals surface area contributed by atoms with Crippen LogP contribution >= 0.6 is 0 Å².